The van der Waals surface area contributed by atoms with Crippen molar-refractivity contribution in [3.8, 4) is 0 Å². The van der Waals surface area contributed by atoms with Crippen LogP contribution in [0.1, 0.15) is 20.3 Å². The van der Waals surface area contributed by atoms with Crippen LogP contribution in [0.3, 0.4) is 0 Å². The van der Waals surface area contributed by atoms with E-state index in [9.17, 15) is 10.2 Å². The molecule has 0 aromatic carbocycles. The Morgan fingerprint density at radius 1 is 1.12 bits per heavy atom. The quantitative estimate of drug-likeness (QED) is 0.649. The second-order valence-electron chi connectivity index (χ2n) is 4.53. The molecule has 6 unspecified atom stereocenters. The summed E-state index contributed by atoms with van der Waals surface area (Å²) in [5, 5.41) is 19.7. The molecule has 0 radical (unpaired) electrons. The Labute approximate surface area is 95.3 Å². The van der Waals surface area contributed by atoms with Crippen LogP contribution < -0.4 is 0 Å². The number of aliphatic hydroxyl groups is 2. The lowest BCUT2D eigenvalue weighted by Gasteiger charge is -2.40. The third-order valence-corrected chi connectivity index (χ3v) is 3.31. The molecule has 2 rings (SSSR count). The third kappa shape index (κ3) is 2.24. The minimum absolute atomic E-state index is 0.0335. The average molecular weight is 232 g/mol. The van der Waals surface area contributed by atoms with Crippen LogP contribution in [0.5, 0.6) is 0 Å². The van der Waals surface area contributed by atoms with E-state index in [-0.39, 0.29) is 18.3 Å². The predicted molar refractivity (Wildman–Crippen MR) is 56.1 cm³/mol. The van der Waals surface area contributed by atoms with Crippen molar-refractivity contribution in [3.05, 3.63) is 0 Å². The summed E-state index contributed by atoms with van der Waals surface area (Å²) in [5.74, 6) is 0. The molecule has 94 valence electrons. The SMILES string of the molecule is CCC1COCC2OC(C)C(O)C(O)C2O1. The number of hydrogen-bond acceptors (Lipinski definition) is 5. The Hall–Kier alpha value is -0.200. The summed E-state index contributed by atoms with van der Waals surface area (Å²) in [6, 6.07) is 0. The lowest BCUT2D eigenvalue weighted by atomic mass is 9.96. The highest BCUT2D eigenvalue weighted by atomic mass is 16.6. The maximum Gasteiger partial charge on any atom is 0.115 e. The van der Waals surface area contributed by atoms with Gasteiger partial charge >= 0.3 is 0 Å². The van der Waals surface area contributed by atoms with E-state index in [0.717, 1.165) is 6.42 Å². The minimum Gasteiger partial charge on any atom is -0.388 e. The molecule has 5 nitrogen and oxygen atoms in total. The van der Waals surface area contributed by atoms with E-state index in [4.69, 9.17) is 14.2 Å². The zero-order valence-corrected chi connectivity index (χ0v) is 9.70. The van der Waals surface area contributed by atoms with Gasteiger partial charge in [0.05, 0.1) is 25.4 Å². The monoisotopic (exact) mass is 232 g/mol. The predicted octanol–water partition coefficient (Wildman–Crippen LogP) is -0.311. The summed E-state index contributed by atoms with van der Waals surface area (Å²) in [4.78, 5) is 0. The van der Waals surface area contributed by atoms with Gasteiger partial charge in [-0.05, 0) is 13.3 Å². The molecule has 0 aliphatic carbocycles. The summed E-state index contributed by atoms with van der Waals surface area (Å²) < 4.78 is 16.8. The smallest absolute Gasteiger partial charge is 0.115 e. The first kappa shape index (κ1) is 12.3. The molecule has 5 heteroatoms. The standard InChI is InChI=1S/C11H20O5/c1-3-7-4-14-5-8-11(16-7)10(13)9(12)6(2)15-8/h6-13H,3-5H2,1-2H3. The van der Waals surface area contributed by atoms with Gasteiger partial charge in [-0.25, -0.2) is 0 Å². The number of fused-ring (bicyclic) bond motifs is 1. The van der Waals surface area contributed by atoms with Gasteiger partial charge in [-0.3, -0.25) is 0 Å². The fourth-order valence-corrected chi connectivity index (χ4v) is 2.22. The van der Waals surface area contributed by atoms with Gasteiger partial charge in [0, 0.05) is 0 Å². The molecule has 2 aliphatic heterocycles. The number of aliphatic hydroxyl groups excluding tert-OH is 2. The number of ether oxygens (including phenoxy) is 3. The van der Waals surface area contributed by atoms with Gasteiger partial charge in [-0.15, -0.1) is 0 Å². The average Bonchev–Trinajstić information content (AvgIpc) is 2.48. The van der Waals surface area contributed by atoms with Crippen LogP contribution in [0, 0.1) is 0 Å². The van der Waals surface area contributed by atoms with E-state index in [2.05, 4.69) is 0 Å². The number of rotatable bonds is 1. The Morgan fingerprint density at radius 3 is 2.56 bits per heavy atom. The highest BCUT2D eigenvalue weighted by Gasteiger charge is 2.45. The normalized spacial score (nSPS) is 49.5. The van der Waals surface area contributed by atoms with Crippen molar-refractivity contribution in [1.29, 1.82) is 0 Å². The second-order valence-corrected chi connectivity index (χ2v) is 4.53. The molecular formula is C11H20O5. The highest BCUT2D eigenvalue weighted by molar-refractivity contribution is 4.93. The van der Waals surface area contributed by atoms with Gasteiger partial charge in [0.2, 0.25) is 0 Å². The van der Waals surface area contributed by atoms with Gasteiger partial charge in [0.25, 0.3) is 0 Å². The minimum atomic E-state index is -0.899. The Balaban J connectivity index is 2.09. The molecular weight excluding hydrogens is 212 g/mol. The van der Waals surface area contributed by atoms with Gasteiger partial charge in [0.15, 0.2) is 0 Å². The van der Waals surface area contributed by atoms with Crippen molar-refractivity contribution < 1.29 is 24.4 Å². The summed E-state index contributed by atoms with van der Waals surface area (Å²) >= 11 is 0. The maximum atomic E-state index is 9.97. The first-order valence-electron chi connectivity index (χ1n) is 5.88. The third-order valence-electron chi connectivity index (χ3n) is 3.31. The van der Waals surface area contributed by atoms with Crippen molar-refractivity contribution in [2.75, 3.05) is 13.2 Å². The van der Waals surface area contributed by atoms with E-state index in [1.807, 2.05) is 6.92 Å². The molecule has 2 saturated heterocycles. The van der Waals surface area contributed by atoms with E-state index in [0.29, 0.717) is 13.2 Å². The van der Waals surface area contributed by atoms with Crippen LogP contribution >= 0.6 is 0 Å². The fraction of sp³-hybridized carbons (Fsp3) is 1.00. The van der Waals surface area contributed by atoms with Gasteiger partial charge in [-0.1, -0.05) is 6.92 Å². The largest absolute Gasteiger partial charge is 0.388 e. The molecule has 6 atom stereocenters. The molecule has 0 spiro atoms. The molecule has 0 aromatic rings. The molecule has 0 saturated carbocycles. The molecule has 0 aromatic heterocycles. The summed E-state index contributed by atoms with van der Waals surface area (Å²) in [6.07, 6.45) is -2.16. The fourth-order valence-electron chi connectivity index (χ4n) is 2.22. The zero-order chi connectivity index (χ0) is 11.7. The summed E-state index contributed by atoms with van der Waals surface area (Å²) in [7, 11) is 0. The van der Waals surface area contributed by atoms with Crippen LogP contribution in [-0.4, -0.2) is 60.1 Å². The van der Waals surface area contributed by atoms with Crippen LogP contribution in [-0.2, 0) is 14.2 Å². The molecule has 0 bridgehead atoms. The Bertz CT molecular complexity index is 234. The van der Waals surface area contributed by atoms with Crippen molar-refractivity contribution in [1.82, 2.24) is 0 Å². The maximum absolute atomic E-state index is 9.97. The molecule has 2 heterocycles. The van der Waals surface area contributed by atoms with Crippen LogP contribution in [0.25, 0.3) is 0 Å². The summed E-state index contributed by atoms with van der Waals surface area (Å²) in [6.45, 7) is 4.68. The molecule has 2 aliphatic rings. The van der Waals surface area contributed by atoms with Gasteiger partial charge in [-0.2, -0.15) is 0 Å². The van der Waals surface area contributed by atoms with Crippen LogP contribution in [0.4, 0.5) is 0 Å². The Kier molecular flexibility index (Phi) is 3.81. The first-order chi connectivity index (χ1) is 7.63. The molecule has 2 N–H and O–H groups in total. The zero-order valence-electron chi connectivity index (χ0n) is 9.70. The van der Waals surface area contributed by atoms with E-state index >= 15 is 0 Å². The van der Waals surface area contributed by atoms with Crippen molar-refractivity contribution in [2.45, 2.75) is 56.9 Å². The number of hydrogen-bond donors (Lipinski definition) is 2. The van der Waals surface area contributed by atoms with Crippen LogP contribution in [0.2, 0.25) is 0 Å². The van der Waals surface area contributed by atoms with Crippen molar-refractivity contribution in [3.63, 3.8) is 0 Å². The van der Waals surface area contributed by atoms with Gasteiger partial charge in [0.1, 0.15) is 24.4 Å². The lowest BCUT2D eigenvalue weighted by molar-refractivity contribution is -0.234. The second kappa shape index (κ2) is 4.98. The molecule has 2 fully saturated rings. The van der Waals surface area contributed by atoms with Crippen molar-refractivity contribution >= 4 is 0 Å². The summed E-state index contributed by atoms with van der Waals surface area (Å²) in [5.41, 5.74) is 0. The first-order valence-corrected chi connectivity index (χ1v) is 5.88. The highest BCUT2D eigenvalue weighted by Crippen LogP contribution is 2.27. The van der Waals surface area contributed by atoms with Gasteiger partial charge < -0.3 is 24.4 Å². The lowest BCUT2D eigenvalue weighted by Crippen LogP contribution is -2.58. The van der Waals surface area contributed by atoms with E-state index < -0.39 is 18.3 Å². The topological polar surface area (TPSA) is 68.2 Å². The van der Waals surface area contributed by atoms with E-state index in [1.165, 1.54) is 0 Å². The van der Waals surface area contributed by atoms with Crippen LogP contribution in [0.15, 0.2) is 0 Å². The molecule has 0 amide bonds. The molecule has 16 heavy (non-hydrogen) atoms. The van der Waals surface area contributed by atoms with Crippen molar-refractivity contribution in [2.24, 2.45) is 0 Å². The van der Waals surface area contributed by atoms with E-state index in [1.54, 1.807) is 6.92 Å². The Morgan fingerprint density at radius 2 is 1.88 bits per heavy atom.